The summed E-state index contributed by atoms with van der Waals surface area (Å²) in [5, 5.41) is 2.95. The van der Waals surface area contributed by atoms with Crippen LogP contribution in [0.2, 0.25) is 0 Å². The van der Waals surface area contributed by atoms with Crippen LogP contribution in [0.15, 0.2) is 36.8 Å². The summed E-state index contributed by atoms with van der Waals surface area (Å²) in [5.41, 5.74) is 0.921. The van der Waals surface area contributed by atoms with Gasteiger partial charge in [-0.1, -0.05) is 0 Å². The molecule has 2 aromatic rings. The highest BCUT2D eigenvalue weighted by Gasteiger charge is 2.22. The summed E-state index contributed by atoms with van der Waals surface area (Å²) in [7, 11) is 0. The SMILES string of the molecule is O=C(NC1CCCN(Cc2cc(F)cc(F)c2)C1)c1ccncn1. The van der Waals surface area contributed by atoms with Gasteiger partial charge in [0.1, 0.15) is 23.7 Å². The van der Waals surface area contributed by atoms with Gasteiger partial charge < -0.3 is 5.32 Å². The number of nitrogens with one attached hydrogen (secondary N) is 1. The minimum atomic E-state index is -0.573. The first-order valence-electron chi connectivity index (χ1n) is 7.84. The second-order valence-electron chi connectivity index (χ2n) is 5.92. The van der Waals surface area contributed by atoms with Crippen molar-refractivity contribution >= 4 is 5.91 Å². The molecular formula is C17H18F2N4O. The molecule has 5 nitrogen and oxygen atoms in total. The van der Waals surface area contributed by atoms with E-state index in [4.69, 9.17) is 0 Å². The molecule has 3 rings (SSSR count). The van der Waals surface area contributed by atoms with Crippen LogP contribution in [0, 0.1) is 11.6 Å². The third kappa shape index (κ3) is 4.32. The summed E-state index contributed by atoms with van der Waals surface area (Å²) in [6.07, 6.45) is 4.63. The zero-order chi connectivity index (χ0) is 16.9. The number of halogens is 2. The first-order chi connectivity index (χ1) is 11.6. The number of piperidine rings is 1. The third-order valence-corrected chi connectivity index (χ3v) is 3.98. The molecule has 2 heterocycles. The van der Waals surface area contributed by atoms with Gasteiger partial charge in [0, 0.05) is 31.4 Å². The van der Waals surface area contributed by atoms with Crippen molar-refractivity contribution in [2.24, 2.45) is 0 Å². The molecule has 1 aliphatic heterocycles. The number of amides is 1. The van der Waals surface area contributed by atoms with Crippen LogP contribution in [0.5, 0.6) is 0 Å². The van der Waals surface area contributed by atoms with Gasteiger partial charge in [-0.2, -0.15) is 0 Å². The normalized spacial score (nSPS) is 18.3. The second kappa shape index (κ2) is 7.44. The number of aromatic nitrogens is 2. The Morgan fingerprint density at radius 1 is 1.29 bits per heavy atom. The van der Waals surface area contributed by atoms with Crippen molar-refractivity contribution in [3.05, 3.63) is 59.7 Å². The maximum atomic E-state index is 13.3. The van der Waals surface area contributed by atoms with E-state index in [0.717, 1.165) is 25.5 Å². The monoisotopic (exact) mass is 332 g/mol. The molecule has 0 bridgehead atoms. The van der Waals surface area contributed by atoms with Crippen LogP contribution in [0.3, 0.4) is 0 Å². The molecule has 0 aliphatic carbocycles. The largest absolute Gasteiger partial charge is 0.347 e. The second-order valence-corrected chi connectivity index (χ2v) is 5.92. The molecule has 1 fully saturated rings. The Hall–Kier alpha value is -2.41. The molecule has 126 valence electrons. The fourth-order valence-corrected chi connectivity index (χ4v) is 2.96. The van der Waals surface area contributed by atoms with Crippen molar-refractivity contribution in [3.63, 3.8) is 0 Å². The summed E-state index contributed by atoms with van der Waals surface area (Å²) in [5.74, 6) is -1.38. The minimum Gasteiger partial charge on any atom is -0.347 e. The summed E-state index contributed by atoms with van der Waals surface area (Å²) in [4.78, 5) is 22.0. The van der Waals surface area contributed by atoms with Gasteiger partial charge in [-0.15, -0.1) is 0 Å². The Kier molecular flexibility index (Phi) is 5.10. The topological polar surface area (TPSA) is 58.1 Å². The van der Waals surface area contributed by atoms with Crippen LogP contribution in [-0.4, -0.2) is 39.9 Å². The van der Waals surface area contributed by atoms with E-state index in [0.29, 0.717) is 24.3 Å². The lowest BCUT2D eigenvalue weighted by Crippen LogP contribution is -2.47. The van der Waals surface area contributed by atoms with Crippen LogP contribution in [0.4, 0.5) is 8.78 Å². The highest BCUT2D eigenvalue weighted by molar-refractivity contribution is 5.92. The van der Waals surface area contributed by atoms with E-state index in [9.17, 15) is 13.6 Å². The maximum Gasteiger partial charge on any atom is 0.270 e. The Balaban J connectivity index is 1.59. The van der Waals surface area contributed by atoms with Crippen LogP contribution in [0.1, 0.15) is 28.9 Å². The molecule has 0 radical (unpaired) electrons. The van der Waals surface area contributed by atoms with Gasteiger partial charge >= 0.3 is 0 Å². The molecule has 1 saturated heterocycles. The lowest BCUT2D eigenvalue weighted by Gasteiger charge is -2.33. The van der Waals surface area contributed by atoms with Gasteiger partial charge in [0.05, 0.1) is 0 Å². The predicted octanol–water partition coefficient (Wildman–Crippen LogP) is 2.15. The van der Waals surface area contributed by atoms with E-state index in [-0.39, 0.29) is 11.9 Å². The minimum absolute atomic E-state index is 0.0142. The van der Waals surface area contributed by atoms with Gasteiger partial charge in [-0.25, -0.2) is 18.7 Å². The van der Waals surface area contributed by atoms with E-state index in [1.165, 1.54) is 24.7 Å². The van der Waals surface area contributed by atoms with Crippen LogP contribution >= 0.6 is 0 Å². The summed E-state index contributed by atoms with van der Waals surface area (Å²) in [6.45, 7) is 1.92. The average Bonchev–Trinajstić information content (AvgIpc) is 2.55. The van der Waals surface area contributed by atoms with Crippen LogP contribution < -0.4 is 5.32 Å². The molecule has 1 atom stereocenters. The van der Waals surface area contributed by atoms with Crippen LogP contribution in [-0.2, 0) is 6.54 Å². The zero-order valence-electron chi connectivity index (χ0n) is 13.1. The Morgan fingerprint density at radius 3 is 2.79 bits per heavy atom. The molecule has 1 N–H and O–H groups in total. The molecular weight excluding hydrogens is 314 g/mol. The first kappa shape index (κ1) is 16.4. The van der Waals surface area contributed by atoms with Gasteiger partial charge in [0.25, 0.3) is 5.91 Å². The van der Waals surface area contributed by atoms with Gasteiger partial charge in [-0.05, 0) is 43.1 Å². The first-order valence-corrected chi connectivity index (χ1v) is 7.84. The summed E-state index contributed by atoms with van der Waals surface area (Å²) >= 11 is 0. The van der Waals surface area contributed by atoms with Crippen molar-refractivity contribution < 1.29 is 13.6 Å². The number of likely N-dealkylation sites (tertiary alicyclic amines) is 1. The van der Waals surface area contributed by atoms with Gasteiger partial charge in [0.15, 0.2) is 0 Å². The zero-order valence-corrected chi connectivity index (χ0v) is 13.1. The van der Waals surface area contributed by atoms with Gasteiger partial charge in [0.2, 0.25) is 0 Å². The molecule has 1 unspecified atom stereocenters. The number of hydrogen-bond donors (Lipinski definition) is 1. The van der Waals surface area contributed by atoms with Gasteiger partial charge in [-0.3, -0.25) is 9.69 Å². The van der Waals surface area contributed by atoms with Crippen molar-refractivity contribution in [2.45, 2.75) is 25.4 Å². The number of rotatable bonds is 4. The molecule has 1 aromatic heterocycles. The lowest BCUT2D eigenvalue weighted by molar-refractivity contribution is 0.0895. The molecule has 0 saturated carbocycles. The molecule has 1 aliphatic rings. The Morgan fingerprint density at radius 2 is 2.08 bits per heavy atom. The van der Waals surface area contributed by atoms with E-state index in [1.54, 1.807) is 6.07 Å². The number of nitrogens with zero attached hydrogens (tertiary/aromatic N) is 3. The quantitative estimate of drug-likeness (QED) is 0.932. The number of carbonyl (C=O) groups excluding carboxylic acids is 1. The standard InChI is InChI=1S/C17H18F2N4O/c18-13-6-12(7-14(19)8-13)9-23-5-1-2-15(10-23)22-17(24)16-3-4-20-11-21-16/h3-4,6-8,11,15H,1-2,5,9-10H2,(H,22,24). The lowest BCUT2D eigenvalue weighted by atomic mass is 10.0. The number of benzene rings is 1. The van der Waals surface area contributed by atoms with Crippen LogP contribution in [0.25, 0.3) is 0 Å². The average molecular weight is 332 g/mol. The van der Waals surface area contributed by atoms with Crippen molar-refractivity contribution in [2.75, 3.05) is 13.1 Å². The van der Waals surface area contributed by atoms with E-state index in [1.807, 2.05) is 0 Å². The maximum absolute atomic E-state index is 13.3. The predicted molar refractivity (Wildman–Crippen MR) is 84.2 cm³/mol. The number of carbonyl (C=O) groups is 1. The van der Waals surface area contributed by atoms with E-state index in [2.05, 4.69) is 20.2 Å². The highest BCUT2D eigenvalue weighted by atomic mass is 19.1. The van der Waals surface area contributed by atoms with E-state index < -0.39 is 11.6 Å². The Labute approximate surface area is 138 Å². The molecule has 24 heavy (non-hydrogen) atoms. The fourth-order valence-electron chi connectivity index (χ4n) is 2.96. The van der Waals surface area contributed by atoms with E-state index >= 15 is 0 Å². The van der Waals surface area contributed by atoms with Crippen molar-refractivity contribution in [1.29, 1.82) is 0 Å². The summed E-state index contributed by atoms with van der Waals surface area (Å²) in [6, 6.07) is 5.09. The Bertz CT molecular complexity index is 691. The molecule has 7 heteroatoms. The molecule has 0 spiro atoms. The fraction of sp³-hybridized carbons (Fsp3) is 0.353. The number of hydrogen-bond acceptors (Lipinski definition) is 4. The third-order valence-electron chi connectivity index (χ3n) is 3.98. The molecule has 1 aromatic carbocycles. The van der Waals surface area contributed by atoms with Crippen molar-refractivity contribution in [3.8, 4) is 0 Å². The molecule has 1 amide bonds. The highest BCUT2D eigenvalue weighted by Crippen LogP contribution is 2.16. The summed E-state index contributed by atoms with van der Waals surface area (Å²) < 4.78 is 26.6. The van der Waals surface area contributed by atoms with Crippen molar-refractivity contribution in [1.82, 2.24) is 20.2 Å². The smallest absolute Gasteiger partial charge is 0.270 e.